The smallest absolute Gasteiger partial charge is 0.425 e. The highest BCUT2D eigenvalue weighted by atomic mass is 35.5. The molecule has 0 spiro atoms. The van der Waals surface area contributed by atoms with Crippen LogP contribution in [0, 0.1) is 0 Å². The quantitative estimate of drug-likeness (QED) is 0.524. The van der Waals surface area contributed by atoms with E-state index >= 15 is 0 Å². The van der Waals surface area contributed by atoms with E-state index in [1.54, 1.807) is 66.1 Å². The van der Waals surface area contributed by atoms with E-state index in [1.165, 1.54) is 0 Å². The Labute approximate surface area is 181 Å². The topological polar surface area (TPSA) is 81.6 Å². The summed E-state index contributed by atoms with van der Waals surface area (Å²) in [6, 6.07) is 3.56. The molecule has 0 aliphatic rings. The Hall–Kier alpha value is -2.19. The predicted octanol–water partition coefficient (Wildman–Crippen LogP) is 6.56. The molecule has 7 nitrogen and oxygen atoms in total. The highest BCUT2D eigenvalue weighted by Crippen LogP contribution is 2.38. The number of imide groups is 1. The average Bonchev–Trinajstić information content (AvgIpc) is 2.96. The first-order valence-corrected chi connectivity index (χ1v) is 10.4. The minimum Gasteiger partial charge on any atom is -0.443 e. The van der Waals surface area contributed by atoms with Gasteiger partial charge in [-0.05, 0) is 53.7 Å². The molecule has 0 aliphatic carbocycles. The zero-order valence-electron chi connectivity index (χ0n) is 18.1. The highest BCUT2D eigenvalue weighted by molar-refractivity contribution is 7.20. The highest BCUT2D eigenvalue weighted by Gasteiger charge is 2.35. The van der Waals surface area contributed by atoms with Crippen LogP contribution in [0.2, 0.25) is 5.15 Å². The number of hydrogen-bond donors (Lipinski definition) is 0. The number of thiazole rings is 1. The van der Waals surface area contributed by atoms with Crippen LogP contribution in [-0.4, -0.2) is 33.4 Å². The fraction of sp³-hybridized carbons (Fsp3) is 0.500. The van der Waals surface area contributed by atoms with Crippen LogP contribution in [0.1, 0.15) is 55.4 Å². The number of nitrogens with zero attached hydrogens (tertiary/aromatic N) is 3. The summed E-state index contributed by atoms with van der Waals surface area (Å²) >= 11 is 7.31. The lowest BCUT2D eigenvalue weighted by Gasteiger charge is -2.27. The molecule has 0 saturated carbocycles. The number of carbonyl (C=O) groups excluding carboxylic acids is 2. The summed E-state index contributed by atoms with van der Waals surface area (Å²) in [5.74, 6) is 0. The Morgan fingerprint density at radius 1 is 1.03 bits per heavy atom. The lowest BCUT2D eigenvalue weighted by molar-refractivity contribution is 0.0432. The SMILES string of the molecule is CC.CC(C)(C)OC(=O)N(C(=O)OC(C)(C)C)c1sc(-c2cccnc2)nc1Cl. The van der Waals surface area contributed by atoms with Gasteiger partial charge in [-0.15, -0.1) is 0 Å². The van der Waals surface area contributed by atoms with Gasteiger partial charge in [0.25, 0.3) is 0 Å². The van der Waals surface area contributed by atoms with Gasteiger partial charge in [0.1, 0.15) is 16.2 Å². The minimum atomic E-state index is -0.889. The van der Waals surface area contributed by atoms with Crippen molar-refractivity contribution in [1.82, 2.24) is 9.97 Å². The zero-order valence-corrected chi connectivity index (χ0v) is 19.6. The van der Waals surface area contributed by atoms with Crippen LogP contribution in [0.3, 0.4) is 0 Å². The molecule has 0 aliphatic heterocycles. The van der Waals surface area contributed by atoms with Gasteiger partial charge in [-0.1, -0.05) is 36.8 Å². The fourth-order valence-corrected chi connectivity index (χ4v) is 3.16. The molecule has 0 radical (unpaired) electrons. The van der Waals surface area contributed by atoms with Crippen molar-refractivity contribution in [1.29, 1.82) is 0 Å². The second-order valence-electron chi connectivity index (χ2n) is 7.65. The average molecular weight is 442 g/mol. The van der Waals surface area contributed by atoms with Crippen LogP contribution in [0.15, 0.2) is 24.5 Å². The molecule has 0 bridgehead atoms. The van der Waals surface area contributed by atoms with Gasteiger partial charge in [0.05, 0.1) is 0 Å². The lowest BCUT2D eigenvalue weighted by Crippen LogP contribution is -2.43. The van der Waals surface area contributed by atoms with E-state index in [0.717, 1.165) is 16.2 Å². The van der Waals surface area contributed by atoms with E-state index in [4.69, 9.17) is 21.1 Å². The van der Waals surface area contributed by atoms with Crippen LogP contribution in [-0.2, 0) is 9.47 Å². The Bertz CT molecular complexity index is 798. The van der Waals surface area contributed by atoms with E-state index in [1.807, 2.05) is 13.8 Å². The number of anilines is 1. The summed E-state index contributed by atoms with van der Waals surface area (Å²) in [6.45, 7) is 14.2. The van der Waals surface area contributed by atoms with Gasteiger partial charge in [-0.25, -0.2) is 14.6 Å². The summed E-state index contributed by atoms with van der Waals surface area (Å²) in [6.07, 6.45) is 1.47. The van der Waals surface area contributed by atoms with Gasteiger partial charge in [-0.2, -0.15) is 4.90 Å². The zero-order chi connectivity index (χ0) is 22.4. The maximum atomic E-state index is 12.7. The van der Waals surface area contributed by atoms with E-state index in [2.05, 4.69) is 9.97 Å². The van der Waals surface area contributed by atoms with Crippen molar-refractivity contribution in [2.45, 2.75) is 66.6 Å². The molecule has 160 valence electrons. The number of hydrogen-bond acceptors (Lipinski definition) is 7. The molecule has 2 amide bonds. The van der Waals surface area contributed by atoms with Crippen molar-refractivity contribution in [3.05, 3.63) is 29.7 Å². The summed E-state index contributed by atoms with van der Waals surface area (Å²) < 4.78 is 10.7. The van der Waals surface area contributed by atoms with E-state index in [9.17, 15) is 9.59 Å². The van der Waals surface area contributed by atoms with Crippen molar-refractivity contribution >= 4 is 40.1 Å². The van der Waals surface area contributed by atoms with Gasteiger partial charge in [-0.3, -0.25) is 4.98 Å². The minimum absolute atomic E-state index is 0.00410. The summed E-state index contributed by atoms with van der Waals surface area (Å²) in [5.41, 5.74) is -0.898. The molecule has 0 saturated heterocycles. The van der Waals surface area contributed by atoms with Crippen molar-refractivity contribution in [3.8, 4) is 10.6 Å². The molecule has 2 rings (SSSR count). The maximum absolute atomic E-state index is 12.7. The first kappa shape index (κ1) is 24.8. The number of ether oxygens (including phenoxy) is 2. The van der Waals surface area contributed by atoms with Crippen molar-refractivity contribution < 1.29 is 19.1 Å². The number of rotatable bonds is 2. The van der Waals surface area contributed by atoms with Gasteiger partial charge in [0.2, 0.25) is 0 Å². The third-order valence-corrected chi connectivity index (χ3v) is 4.30. The van der Waals surface area contributed by atoms with Gasteiger partial charge >= 0.3 is 12.2 Å². The lowest BCUT2D eigenvalue weighted by atomic mass is 10.2. The van der Waals surface area contributed by atoms with Gasteiger partial charge in [0, 0.05) is 18.0 Å². The fourth-order valence-electron chi connectivity index (χ4n) is 1.90. The molecule has 2 heterocycles. The van der Waals surface area contributed by atoms with Crippen LogP contribution in [0.25, 0.3) is 10.6 Å². The second kappa shape index (κ2) is 10.0. The number of pyridine rings is 1. The standard InChI is InChI=1S/C18H22ClN3O4S.C2H6/c1-17(2,3)25-15(23)22(16(24)26-18(4,5)6)14-12(19)21-13(27-14)11-8-7-9-20-10-11;1-2/h7-10H,1-6H3;1-2H3. The number of carbonyl (C=O) groups is 2. The normalized spacial score (nSPS) is 11.2. The van der Waals surface area contributed by atoms with Crippen molar-refractivity contribution in [3.63, 3.8) is 0 Å². The largest absolute Gasteiger partial charge is 0.443 e. The molecule has 0 unspecified atom stereocenters. The number of aromatic nitrogens is 2. The summed E-state index contributed by atoms with van der Waals surface area (Å²) in [4.78, 5) is 34.4. The molecule has 2 aromatic heterocycles. The Morgan fingerprint density at radius 3 is 1.97 bits per heavy atom. The Balaban J connectivity index is 0.00000204. The Kier molecular flexibility index (Phi) is 8.59. The van der Waals surface area contributed by atoms with Crippen molar-refractivity contribution in [2.24, 2.45) is 0 Å². The summed E-state index contributed by atoms with van der Waals surface area (Å²) in [5, 5.41) is 0.634. The first-order valence-electron chi connectivity index (χ1n) is 9.20. The van der Waals surface area contributed by atoms with Crippen LogP contribution in [0.4, 0.5) is 14.6 Å². The molecular formula is C20H28ClN3O4S. The molecule has 0 N–H and O–H groups in total. The van der Waals surface area contributed by atoms with E-state index in [0.29, 0.717) is 10.6 Å². The van der Waals surface area contributed by atoms with Crippen LogP contribution >= 0.6 is 22.9 Å². The monoisotopic (exact) mass is 441 g/mol. The van der Waals surface area contributed by atoms with Gasteiger partial charge < -0.3 is 9.47 Å². The molecule has 0 fully saturated rings. The number of amides is 2. The second-order valence-corrected chi connectivity index (χ2v) is 8.99. The Morgan fingerprint density at radius 2 is 1.55 bits per heavy atom. The maximum Gasteiger partial charge on any atom is 0.425 e. The third-order valence-electron chi connectivity index (χ3n) is 2.83. The predicted molar refractivity (Wildman–Crippen MR) is 117 cm³/mol. The van der Waals surface area contributed by atoms with Gasteiger partial charge in [0.15, 0.2) is 10.2 Å². The molecule has 29 heavy (non-hydrogen) atoms. The van der Waals surface area contributed by atoms with E-state index < -0.39 is 23.4 Å². The van der Waals surface area contributed by atoms with Crippen molar-refractivity contribution in [2.75, 3.05) is 4.90 Å². The third kappa shape index (κ3) is 7.62. The van der Waals surface area contributed by atoms with Crippen LogP contribution < -0.4 is 4.90 Å². The molecule has 0 atom stereocenters. The molecular weight excluding hydrogens is 414 g/mol. The molecule has 2 aromatic rings. The first-order chi connectivity index (χ1) is 13.4. The summed E-state index contributed by atoms with van der Waals surface area (Å²) in [7, 11) is 0. The van der Waals surface area contributed by atoms with E-state index in [-0.39, 0.29) is 10.2 Å². The number of halogens is 1. The molecule has 0 aromatic carbocycles. The molecule has 9 heteroatoms. The van der Waals surface area contributed by atoms with Crippen LogP contribution in [0.5, 0.6) is 0 Å².